The van der Waals surface area contributed by atoms with Crippen molar-refractivity contribution in [2.75, 3.05) is 13.1 Å². The highest BCUT2D eigenvalue weighted by Gasteiger charge is 2.27. The van der Waals surface area contributed by atoms with E-state index in [-0.39, 0.29) is 6.09 Å². The zero-order chi connectivity index (χ0) is 13.8. The molecular weight excluding hydrogens is 228 g/mol. The number of carbonyl (C=O) groups excluding carboxylic acids is 1. The number of hydrogen-bond donors (Lipinski definition) is 2. The zero-order valence-corrected chi connectivity index (χ0v) is 12.4. The number of ether oxygens (including phenoxy) is 1. The van der Waals surface area contributed by atoms with Crippen LogP contribution in [0.2, 0.25) is 0 Å². The van der Waals surface area contributed by atoms with Gasteiger partial charge in [0.05, 0.1) is 0 Å². The van der Waals surface area contributed by atoms with Crippen LogP contribution in [0.5, 0.6) is 0 Å². The standard InChI is InChI=1S/C14H28N2O2/c1-10(2)11-7-6-8-15-12(11)9-16-13(17)18-14(3,4)5/h10-12,15H,6-9H2,1-5H3,(H,16,17)/t11?,12-/m1/s1. The summed E-state index contributed by atoms with van der Waals surface area (Å²) in [5.41, 5.74) is -0.429. The number of hydrogen-bond acceptors (Lipinski definition) is 3. The van der Waals surface area contributed by atoms with Gasteiger partial charge in [0.1, 0.15) is 5.60 Å². The molecule has 18 heavy (non-hydrogen) atoms. The van der Waals surface area contributed by atoms with Gasteiger partial charge in [-0.25, -0.2) is 4.79 Å². The van der Waals surface area contributed by atoms with Gasteiger partial charge in [0.25, 0.3) is 0 Å². The molecule has 1 unspecified atom stereocenters. The highest BCUT2D eigenvalue weighted by Crippen LogP contribution is 2.24. The number of nitrogens with one attached hydrogen (secondary N) is 2. The first kappa shape index (κ1) is 15.3. The Kier molecular flexibility index (Phi) is 5.45. The minimum absolute atomic E-state index is 0.322. The van der Waals surface area contributed by atoms with Gasteiger partial charge < -0.3 is 15.4 Å². The molecule has 4 heteroatoms. The lowest BCUT2D eigenvalue weighted by Gasteiger charge is -2.35. The van der Waals surface area contributed by atoms with Gasteiger partial charge in [-0.1, -0.05) is 13.8 Å². The van der Waals surface area contributed by atoms with Gasteiger partial charge >= 0.3 is 6.09 Å². The van der Waals surface area contributed by atoms with Crippen molar-refractivity contribution in [3.8, 4) is 0 Å². The molecule has 106 valence electrons. The van der Waals surface area contributed by atoms with Crippen LogP contribution in [-0.2, 0) is 4.74 Å². The van der Waals surface area contributed by atoms with Gasteiger partial charge in [-0.05, 0) is 52.0 Å². The molecule has 0 aromatic rings. The fraction of sp³-hybridized carbons (Fsp3) is 0.929. The largest absolute Gasteiger partial charge is 0.444 e. The Morgan fingerprint density at radius 2 is 2.11 bits per heavy atom. The Morgan fingerprint density at radius 3 is 2.67 bits per heavy atom. The lowest BCUT2D eigenvalue weighted by atomic mass is 9.82. The lowest BCUT2D eigenvalue weighted by molar-refractivity contribution is 0.0511. The summed E-state index contributed by atoms with van der Waals surface area (Å²) in [6.45, 7) is 11.8. The lowest BCUT2D eigenvalue weighted by Crippen LogP contribution is -2.50. The molecule has 2 atom stereocenters. The third-order valence-electron chi connectivity index (χ3n) is 3.36. The molecule has 1 aliphatic heterocycles. The molecule has 1 fully saturated rings. The smallest absolute Gasteiger partial charge is 0.407 e. The molecule has 0 spiro atoms. The summed E-state index contributed by atoms with van der Waals surface area (Å²) in [6.07, 6.45) is 2.15. The van der Waals surface area contributed by atoms with Crippen LogP contribution in [0.15, 0.2) is 0 Å². The van der Waals surface area contributed by atoms with Crippen LogP contribution in [0.3, 0.4) is 0 Å². The molecule has 2 N–H and O–H groups in total. The van der Waals surface area contributed by atoms with Crippen LogP contribution in [-0.4, -0.2) is 30.8 Å². The Labute approximate surface area is 111 Å². The SMILES string of the molecule is CC(C)C1CCCN[C@@H]1CNC(=O)OC(C)(C)C. The first-order valence-electron chi connectivity index (χ1n) is 7.00. The molecule has 4 nitrogen and oxygen atoms in total. The molecule has 1 heterocycles. The van der Waals surface area contributed by atoms with Crippen LogP contribution < -0.4 is 10.6 Å². The zero-order valence-electron chi connectivity index (χ0n) is 12.4. The van der Waals surface area contributed by atoms with Gasteiger partial charge in [-0.3, -0.25) is 0 Å². The van der Waals surface area contributed by atoms with E-state index < -0.39 is 5.60 Å². The molecule has 1 saturated heterocycles. The molecular formula is C14H28N2O2. The second kappa shape index (κ2) is 6.41. The van der Waals surface area contributed by atoms with Gasteiger partial charge in [0.2, 0.25) is 0 Å². The van der Waals surface area contributed by atoms with Crippen molar-refractivity contribution in [3.05, 3.63) is 0 Å². The van der Waals surface area contributed by atoms with E-state index in [2.05, 4.69) is 24.5 Å². The Balaban J connectivity index is 2.39. The third-order valence-corrected chi connectivity index (χ3v) is 3.36. The quantitative estimate of drug-likeness (QED) is 0.816. The second-order valence-corrected chi connectivity index (χ2v) is 6.49. The summed E-state index contributed by atoms with van der Waals surface area (Å²) >= 11 is 0. The van der Waals surface area contributed by atoms with Crippen molar-refractivity contribution >= 4 is 6.09 Å². The number of amides is 1. The van der Waals surface area contributed by atoms with E-state index in [1.54, 1.807) is 0 Å². The number of rotatable bonds is 3. The maximum Gasteiger partial charge on any atom is 0.407 e. The molecule has 0 radical (unpaired) electrons. The Hall–Kier alpha value is -0.770. The monoisotopic (exact) mass is 256 g/mol. The first-order valence-corrected chi connectivity index (χ1v) is 7.00. The summed E-state index contributed by atoms with van der Waals surface area (Å²) in [4.78, 5) is 11.6. The van der Waals surface area contributed by atoms with Crippen LogP contribution in [0, 0.1) is 11.8 Å². The summed E-state index contributed by atoms with van der Waals surface area (Å²) in [5, 5.41) is 6.37. The average Bonchev–Trinajstić information content (AvgIpc) is 2.24. The van der Waals surface area contributed by atoms with Gasteiger partial charge in [-0.15, -0.1) is 0 Å². The van der Waals surface area contributed by atoms with Gasteiger partial charge in [0.15, 0.2) is 0 Å². The summed E-state index contributed by atoms with van der Waals surface area (Å²) < 4.78 is 5.25. The fourth-order valence-electron chi connectivity index (χ4n) is 2.51. The molecule has 0 aliphatic carbocycles. The number of carbonyl (C=O) groups is 1. The van der Waals surface area contributed by atoms with Crippen LogP contribution in [0.4, 0.5) is 4.79 Å². The highest BCUT2D eigenvalue weighted by atomic mass is 16.6. The molecule has 0 saturated carbocycles. The normalized spacial score (nSPS) is 25.0. The minimum Gasteiger partial charge on any atom is -0.444 e. The van der Waals surface area contributed by atoms with E-state index in [9.17, 15) is 4.79 Å². The van der Waals surface area contributed by atoms with E-state index in [0.717, 1.165) is 6.54 Å². The third kappa shape index (κ3) is 5.25. The molecule has 0 bridgehead atoms. The van der Waals surface area contributed by atoms with Crippen LogP contribution in [0.25, 0.3) is 0 Å². The summed E-state index contributed by atoms with van der Waals surface area (Å²) in [7, 11) is 0. The number of alkyl carbamates (subject to hydrolysis) is 1. The Bertz CT molecular complexity index is 271. The molecule has 1 amide bonds. The second-order valence-electron chi connectivity index (χ2n) is 6.49. The molecule has 1 rings (SSSR count). The molecule has 1 aliphatic rings. The maximum absolute atomic E-state index is 11.6. The summed E-state index contributed by atoms with van der Waals surface area (Å²) in [6, 6.07) is 0.367. The summed E-state index contributed by atoms with van der Waals surface area (Å²) in [5.74, 6) is 1.27. The Morgan fingerprint density at radius 1 is 1.44 bits per heavy atom. The molecule has 0 aromatic carbocycles. The predicted octanol–water partition coefficient (Wildman–Crippen LogP) is 2.54. The van der Waals surface area contributed by atoms with Gasteiger partial charge in [-0.2, -0.15) is 0 Å². The minimum atomic E-state index is -0.429. The van der Waals surface area contributed by atoms with Crippen molar-refractivity contribution in [1.82, 2.24) is 10.6 Å². The van der Waals surface area contributed by atoms with E-state index >= 15 is 0 Å². The first-order chi connectivity index (χ1) is 8.29. The van der Waals surface area contributed by atoms with Gasteiger partial charge in [0, 0.05) is 12.6 Å². The topological polar surface area (TPSA) is 50.4 Å². The van der Waals surface area contributed by atoms with E-state index in [1.807, 2.05) is 20.8 Å². The van der Waals surface area contributed by atoms with Crippen LogP contribution in [0.1, 0.15) is 47.5 Å². The van der Waals surface area contributed by atoms with E-state index in [4.69, 9.17) is 4.74 Å². The van der Waals surface area contributed by atoms with Crippen molar-refractivity contribution < 1.29 is 9.53 Å². The maximum atomic E-state index is 11.6. The fourth-order valence-corrected chi connectivity index (χ4v) is 2.51. The van der Waals surface area contributed by atoms with E-state index in [0.29, 0.717) is 24.4 Å². The van der Waals surface area contributed by atoms with Crippen LogP contribution >= 0.6 is 0 Å². The van der Waals surface area contributed by atoms with Crippen molar-refractivity contribution in [2.45, 2.75) is 59.1 Å². The van der Waals surface area contributed by atoms with Crippen molar-refractivity contribution in [3.63, 3.8) is 0 Å². The van der Waals surface area contributed by atoms with E-state index in [1.165, 1.54) is 12.8 Å². The average molecular weight is 256 g/mol. The highest BCUT2D eigenvalue weighted by molar-refractivity contribution is 5.67. The molecule has 0 aromatic heterocycles. The predicted molar refractivity (Wildman–Crippen MR) is 73.6 cm³/mol. The van der Waals surface area contributed by atoms with Crippen molar-refractivity contribution in [2.24, 2.45) is 11.8 Å². The van der Waals surface area contributed by atoms with Crippen molar-refractivity contribution in [1.29, 1.82) is 0 Å². The number of piperidine rings is 1.